The quantitative estimate of drug-likeness (QED) is 0.712. The van der Waals surface area contributed by atoms with Gasteiger partial charge in [0.05, 0.1) is 17.4 Å². The molecule has 8 heteroatoms. The van der Waals surface area contributed by atoms with E-state index in [4.69, 9.17) is 0 Å². The van der Waals surface area contributed by atoms with Crippen molar-refractivity contribution in [2.24, 2.45) is 0 Å². The number of hydrogen-bond acceptors (Lipinski definition) is 4. The van der Waals surface area contributed by atoms with Gasteiger partial charge >= 0.3 is 0 Å². The first kappa shape index (κ1) is 22.1. The Labute approximate surface area is 176 Å². The third kappa shape index (κ3) is 4.94. The highest BCUT2D eigenvalue weighted by molar-refractivity contribution is 7.90. The number of likely N-dealkylation sites (tertiary alicyclic amines) is 1. The van der Waals surface area contributed by atoms with E-state index >= 15 is 0 Å². The Bertz CT molecular complexity index is 1050. The number of nitrogens with zero attached hydrogens (tertiary/aromatic N) is 1. The van der Waals surface area contributed by atoms with E-state index in [1.54, 1.807) is 13.0 Å². The van der Waals surface area contributed by atoms with Crippen LogP contribution in [0.15, 0.2) is 42.5 Å². The van der Waals surface area contributed by atoms with Crippen LogP contribution in [-0.2, 0) is 14.8 Å². The number of ketones is 1. The number of amides is 1. The molecule has 0 aromatic heterocycles. The fourth-order valence-corrected chi connectivity index (χ4v) is 5.05. The van der Waals surface area contributed by atoms with Crippen molar-refractivity contribution in [3.63, 3.8) is 0 Å². The Morgan fingerprint density at radius 1 is 1.17 bits per heavy atom. The molecule has 30 heavy (non-hydrogen) atoms. The van der Waals surface area contributed by atoms with E-state index in [9.17, 15) is 22.4 Å². The Balaban J connectivity index is 1.76. The minimum absolute atomic E-state index is 0.0931. The van der Waals surface area contributed by atoms with Crippen molar-refractivity contribution in [1.82, 2.24) is 9.62 Å². The zero-order valence-corrected chi connectivity index (χ0v) is 17.8. The molecule has 2 aromatic rings. The highest BCUT2D eigenvalue weighted by atomic mass is 32.2. The normalized spacial score (nSPS) is 17.0. The van der Waals surface area contributed by atoms with Gasteiger partial charge in [0.2, 0.25) is 15.9 Å². The summed E-state index contributed by atoms with van der Waals surface area (Å²) in [6, 6.07) is 12.4. The number of Topliss-reactive ketones (excluding diaryl/α,β-unsaturated/α-hetero) is 1. The van der Waals surface area contributed by atoms with Gasteiger partial charge in [-0.15, -0.1) is 0 Å². The molecular formula is C22H25FN2O4S. The predicted octanol–water partition coefficient (Wildman–Crippen LogP) is 2.91. The van der Waals surface area contributed by atoms with Crippen LogP contribution in [0, 0.1) is 12.7 Å². The Morgan fingerprint density at radius 2 is 1.87 bits per heavy atom. The van der Waals surface area contributed by atoms with Crippen molar-refractivity contribution in [3.05, 3.63) is 59.4 Å². The molecule has 0 saturated carbocycles. The van der Waals surface area contributed by atoms with Crippen LogP contribution in [0.3, 0.4) is 0 Å². The third-order valence-corrected chi connectivity index (χ3v) is 7.17. The first-order valence-corrected chi connectivity index (χ1v) is 11.4. The molecule has 2 aromatic carbocycles. The van der Waals surface area contributed by atoms with Crippen LogP contribution in [0.4, 0.5) is 4.39 Å². The average Bonchev–Trinajstić information content (AvgIpc) is 2.74. The lowest BCUT2D eigenvalue weighted by Gasteiger charge is -2.31. The van der Waals surface area contributed by atoms with Gasteiger partial charge in [-0.05, 0) is 48.6 Å². The molecular weight excluding hydrogens is 407 g/mol. The number of carbonyl (C=O) groups excluding carboxylic acids is 2. The number of rotatable bonds is 6. The minimum atomic E-state index is -3.83. The molecule has 1 atom stereocenters. The number of hydrogen-bond donors (Lipinski definition) is 1. The van der Waals surface area contributed by atoms with Crippen molar-refractivity contribution in [2.75, 3.05) is 19.6 Å². The number of halogens is 1. The average molecular weight is 433 g/mol. The van der Waals surface area contributed by atoms with E-state index in [0.29, 0.717) is 30.5 Å². The summed E-state index contributed by atoms with van der Waals surface area (Å²) in [5, 5.41) is -0.787. The zero-order chi connectivity index (χ0) is 21.9. The Kier molecular flexibility index (Phi) is 6.67. The summed E-state index contributed by atoms with van der Waals surface area (Å²) in [4.78, 5) is 25.7. The second-order valence-corrected chi connectivity index (χ2v) is 9.58. The molecule has 6 nitrogen and oxygen atoms in total. The number of nitrogens with one attached hydrogen (secondary N) is 1. The summed E-state index contributed by atoms with van der Waals surface area (Å²) in [7, 11) is -3.83. The van der Waals surface area contributed by atoms with Crippen molar-refractivity contribution in [2.45, 2.75) is 31.9 Å². The summed E-state index contributed by atoms with van der Waals surface area (Å²) in [5.41, 5.74) is 1.68. The summed E-state index contributed by atoms with van der Waals surface area (Å²) in [5.74, 6) is -1.48. The van der Waals surface area contributed by atoms with E-state index in [1.807, 2.05) is 30.3 Å². The molecule has 0 aliphatic carbocycles. The lowest BCUT2D eigenvalue weighted by molar-refractivity contribution is -0.129. The third-order valence-electron chi connectivity index (χ3n) is 5.36. The molecule has 1 heterocycles. The van der Waals surface area contributed by atoms with Gasteiger partial charge in [-0.1, -0.05) is 30.3 Å². The van der Waals surface area contributed by atoms with E-state index < -0.39 is 33.4 Å². The molecule has 3 rings (SSSR count). The van der Waals surface area contributed by atoms with Crippen LogP contribution in [0.25, 0.3) is 11.1 Å². The molecule has 1 amide bonds. The van der Waals surface area contributed by atoms with Crippen molar-refractivity contribution in [1.29, 1.82) is 0 Å². The molecule has 0 bridgehead atoms. The van der Waals surface area contributed by atoms with E-state index in [-0.39, 0.29) is 18.0 Å². The number of benzene rings is 2. The first-order valence-electron chi connectivity index (χ1n) is 9.82. The summed E-state index contributed by atoms with van der Waals surface area (Å²) in [6.45, 7) is 3.05. The lowest BCUT2D eigenvalue weighted by atomic mass is 9.98. The van der Waals surface area contributed by atoms with Crippen LogP contribution in [-0.4, -0.2) is 49.9 Å². The molecule has 160 valence electrons. The van der Waals surface area contributed by atoms with Gasteiger partial charge in [0.15, 0.2) is 5.78 Å². The fourth-order valence-electron chi connectivity index (χ4n) is 3.63. The minimum Gasteiger partial charge on any atom is -0.342 e. The highest BCUT2D eigenvalue weighted by Crippen LogP contribution is 2.25. The maximum absolute atomic E-state index is 14.6. The predicted molar refractivity (Wildman–Crippen MR) is 113 cm³/mol. The van der Waals surface area contributed by atoms with E-state index in [2.05, 4.69) is 4.72 Å². The molecule has 1 saturated heterocycles. The van der Waals surface area contributed by atoms with Crippen molar-refractivity contribution in [3.8, 4) is 11.1 Å². The van der Waals surface area contributed by atoms with Gasteiger partial charge in [0.25, 0.3) is 0 Å². The van der Waals surface area contributed by atoms with Crippen molar-refractivity contribution < 1.29 is 22.4 Å². The highest BCUT2D eigenvalue weighted by Gasteiger charge is 2.32. The first-order chi connectivity index (χ1) is 14.2. The van der Waals surface area contributed by atoms with Crippen LogP contribution in [0.2, 0.25) is 0 Å². The molecule has 0 radical (unpaired) electrons. The maximum Gasteiger partial charge on any atom is 0.219 e. The maximum atomic E-state index is 14.6. The van der Waals surface area contributed by atoms with Gasteiger partial charge in [-0.3, -0.25) is 9.59 Å². The van der Waals surface area contributed by atoms with Crippen LogP contribution in [0.1, 0.15) is 35.7 Å². The van der Waals surface area contributed by atoms with Gasteiger partial charge in [0, 0.05) is 20.0 Å². The summed E-state index contributed by atoms with van der Waals surface area (Å²) in [6.07, 6.45) is 0.982. The van der Waals surface area contributed by atoms with E-state index in [1.165, 1.54) is 17.9 Å². The summed E-state index contributed by atoms with van der Waals surface area (Å²) < 4.78 is 42.2. The molecule has 1 aliphatic rings. The molecule has 1 N–H and O–H groups in total. The standard InChI is InChI=1S/C22H25FN2O4S/c1-15-11-18(17-7-4-3-5-8-17)12-20(22(15)23)21(27)13-24-30(28,29)19-9-6-10-25(14-19)16(2)26/h3-5,7-8,11-12,19,24H,6,9-10,13-14H2,1-2H3. The largest absolute Gasteiger partial charge is 0.342 e. The number of sulfonamides is 1. The Morgan fingerprint density at radius 3 is 2.53 bits per heavy atom. The van der Waals surface area contributed by atoms with Crippen LogP contribution < -0.4 is 4.72 Å². The van der Waals surface area contributed by atoms with Gasteiger partial charge in [-0.25, -0.2) is 17.5 Å². The molecule has 1 fully saturated rings. The number of carbonyl (C=O) groups is 2. The smallest absolute Gasteiger partial charge is 0.219 e. The molecule has 1 aliphatic heterocycles. The Hall–Kier alpha value is -2.58. The second kappa shape index (κ2) is 9.06. The number of aryl methyl sites for hydroxylation is 1. The van der Waals surface area contributed by atoms with Crippen molar-refractivity contribution >= 4 is 21.7 Å². The zero-order valence-electron chi connectivity index (χ0n) is 17.0. The summed E-state index contributed by atoms with van der Waals surface area (Å²) >= 11 is 0. The molecule has 1 unspecified atom stereocenters. The molecule has 0 spiro atoms. The van der Waals surface area contributed by atoms with Crippen LogP contribution >= 0.6 is 0 Å². The van der Waals surface area contributed by atoms with Gasteiger partial charge < -0.3 is 4.90 Å². The van der Waals surface area contributed by atoms with E-state index in [0.717, 1.165) is 5.56 Å². The second-order valence-electron chi connectivity index (χ2n) is 7.54. The number of piperidine rings is 1. The van der Waals surface area contributed by atoms with Gasteiger partial charge in [0.1, 0.15) is 5.82 Å². The van der Waals surface area contributed by atoms with Crippen LogP contribution in [0.5, 0.6) is 0 Å². The lowest BCUT2D eigenvalue weighted by Crippen LogP contribution is -2.48. The SMILES string of the molecule is CC(=O)N1CCCC(S(=O)(=O)NCC(=O)c2cc(-c3ccccc3)cc(C)c2F)C1. The topological polar surface area (TPSA) is 83.6 Å². The van der Waals surface area contributed by atoms with Gasteiger partial charge in [-0.2, -0.15) is 0 Å². The fraction of sp³-hybridized carbons (Fsp3) is 0.364. The monoisotopic (exact) mass is 432 g/mol.